The molecule has 0 radical (unpaired) electrons. The van der Waals surface area contributed by atoms with Crippen molar-refractivity contribution in [1.82, 2.24) is 10.4 Å². The van der Waals surface area contributed by atoms with Crippen LogP contribution in [-0.4, -0.2) is 22.0 Å². The van der Waals surface area contributed by atoms with Gasteiger partial charge in [0, 0.05) is 17.8 Å². The zero-order valence-corrected chi connectivity index (χ0v) is 17.4. The van der Waals surface area contributed by atoms with E-state index < -0.39 is 16.5 Å². The Hall–Kier alpha value is -4.10. The lowest BCUT2D eigenvalue weighted by Crippen LogP contribution is -2.20. The number of nitrogens with one attached hydrogen (secondary N) is 1. The first kappa shape index (κ1) is 21.6. The van der Waals surface area contributed by atoms with Crippen molar-refractivity contribution in [1.29, 1.82) is 5.26 Å². The van der Waals surface area contributed by atoms with Crippen LogP contribution in [-0.2, 0) is 6.61 Å². The molecular formula is C21H14BrN5O4. The number of hydrogen-bond acceptors (Lipinski definition) is 7. The third-order valence-electron chi connectivity index (χ3n) is 4.05. The van der Waals surface area contributed by atoms with Crippen LogP contribution in [0.15, 0.2) is 70.4 Å². The van der Waals surface area contributed by atoms with Gasteiger partial charge in [-0.15, -0.1) is 0 Å². The minimum absolute atomic E-state index is 0.231. The summed E-state index contributed by atoms with van der Waals surface area (Å²) in [5.74, 6) is -0.225. The van der Waals surface area contributed by atoms with Gasteiger partial charge in [0.05, 0.1) is 27.2 Å². The maximum Gasteiger partial charge on any atom is 0.300 e. The molecule has 1 N–H and O–H groups in total. The summed E-state index contributed by atoms with van der Waals surface area (Å²) in [7, 11) is 0. The first-order chi connectivity index (χ1) is 15.0. The number of rotatable bonds is 7. The van der Waals surface area contributed by atoms with E-state index >= 15 is 0 Å². The highest BCUT2D eigenvalue weighted by atomic mass is 79.9. The second-order valence-electron chi connectivity index (χ2n) is 6.07. The predicted octanol–water partition coefficient (Wildman–Crippen LogP) is 3.97. The van der Waals surface area contributed by atoms with E-state index in [1.165, 1.54) is 24.5 Å². The van der Waals surface area contributed by atoms with Gasteiger partial charge in [-0.2, -0.15) is 10.4 Å². The molecule has 0 unspecified atom stereocenters. The number of hydrogen-bond donors (Lipinski definition) is 1. The van der Waals surface area contributed by atoms with E-state index in [1.54, 1.807) is 30.3 Å². The number of carbonyl (C=O) groups is 1. The Balaban J connectivity index is 1.64. The van der Waals surface area contributed by atoms with Crippen molar-refractivity contribution in [2.75, 3.05) is 0 Å². The molecule has 0 saturated heterocycles. The number of nitro groups is 1. The minimum atomic E-state index is -0.793. The fourth-order valence-corrected chi connectivity index (χ4v) is 3.07. The van der Waals surface area contributed by atoms with Gasteiger partial charge in [-0.05, 0) is 51.8 Å². The second-order valence-corrected chi connectivity index (χ2v) is 6.93. The van der Waals surface area contributed by atoms with E-state index in [2.05, 4.69) is 37.5 Å². The molecular weight excluding hydrogens is 466 g/mol. The summed E-state index contributed by atoms with van der Waals surface area (Å²) in [4.78, 5) is 26.1. The summed E-state index contributed by atoms with van der Waals surface area (Å²) < 4.78 is 6.42. The molecule has 1 aromatic heterocycles. The molecule has 1 heterocycles. The first-order valence-corrected chi connectivity index (χ1v) is 9.62. The molecule has 0 atom stereocenters. The van der Waals surface area contributed by atoms with Crippen molar-refractivity contribution in [3.05, 3.63) is 97.8 Å². The van der Waals surface area contributed by atoms with Gasteiger partial charge < -0.3 is 4.74 Å². The summed E-state index contributed by atoms with van der Waals surface area (Å²) in [5.41, 5.74) is 3.46. The number of halogens is 1. The van der Waals surface area contributed by atoms with Crippen molar-refractivity contribution < 1.29 is 14.5 Å². The molecule has 154 valence electrons. The summed E-state index contributed by atoms with van der Waals surface area (Å²) in [6, 6.07) is 17.0. The van der Waals surface area contributed by atoms with Gasteiger partial charge in [0.1, 0.15) is 12.4 Å². The van der Waals surface area contributed by atoms with Crippen molar-refractivity contribution >= 4 is 33.7 Å². The van der Waals surface area contributed by atoms with Gasteiger partial charge >= 0.3 is 5.69 Å². The normalized spacial score (nSPS) is 10.5. The van der Waals surface area contributed by atoms with E-state index in [0.29, 0.717) is 21.3 Å². The number of nitrogens with zero attached hydrogens (tertiary/aromatic N) is 4. The highest BCUT2D eigenvalue weighted by Gasteiger charge is 2.20. The Morgan fingerprint density at radius 1 is 1.29 bits per heavy atom. The Morgan fingerprint density at radius 2 is 2.10 bits per heavy atom. The molecule has 0 saturated carbocycles. The van der Waals surface area contributed by atoms with Crippen LogP contribution in [0.2, 0.25) is 0 Å². The van der Waals surface area contributed by atoms with Gasteiger partial charge in [0.25, 0.3) is 5.91 Å². The van der Waals surface area contributed by atoms with E-state index in [0.717, 1.165) is 5.56 Å². The second kappa shape index (κ2) is 10.1. The highest BCUT2D eigenvalue weighted by Crippen LogP contribution is 2.26. The van der Waals surface area contributed by atoms with Crippen LogP contribution in [0.5, 0.6) is 5.75 Å². The molecule has 0 fully saturated rings. The van der Waals surface area contributed by atoms with E-state index in [1.807, 2.05) is 12.1 Å². The number of hydrazone groups is 1. The van der Waals surface area contributed by atoms with Crippen molar-refractivity contribution in [2.24, 2.45) is 5.10 Å². The summed E-state index contributed by atoms with van der Waals surface area (Å²) in [6.45, 7) is 0.231. The zero-order chi connectivity index (χ0) is 22.2. The van der Waals surface area contributed by atoms with Gasteiger partial charge in [0.15, 0.2) is 0 Å². The Labute approximate surface area is 185 Å². The molecule has 3 rings (SSSR count). The fraction of sp³-hybridized carbons (Fsp3) is 0.0476. The summed E-state index contributed by atoms with van der Waals surface area (Å²) in [6.07, 6.45) is 2.67. The number of carbonyl (C=O) groups excluding carboxylic acids is 1. The first-order valence-electron chi connectivity index (χ1n) is 8.82. The SMILES string of the molecule is N#Cc1ccccc1COc1ccc(/C=N\NC(=O)c2ncccc2[N+](=O)[O-])cc1Br. The van der Waals surface area contributed by atoms with E-state index in [-0.39, 0.29) is 12.3 Å². The van der Waals surface area contributed by atoms with Crippen LogP contribution in [0.4, 0.5) is 5.69 Å². The number of ether oxygens (including phenoxy) is 1. The molecule has 9 nitrogen and oxygen atoms in total. The third-order valence-corrected chi connectivity index (χ3v) is 4.67. The van der Waals surface area contributed by atoms with E-state index in [4.69, 9.17) is 10.00 Å². The van der Waals surface area contributed by atoms with Gasteiger partial charge in [-0.3, -0.25) is 14.9 Å². The van der Waals surface area contributed by atoms with Gasteiger partial charge in [-0.1, -0.05) is 18.2 Å². The minimum Gasteiger partial charge on any atom is -0.488 e. The number of benzene rings is 2. The zero-order valence-electron chi connectivity index (χ0n) is 15.9. The van der Waals surface area contributed by atoms with Gasteiger partial charge in [-0.25, -0.2) is 10.4 Å². The molecule has 0 aliphatic rings. The molecule has 2 aromatic carbocycles. The number of amides is 1. The quantitative estimate of drug-likeness (QED) is 0.309. The highest BCUT2D eigenvalue weighted by molar-refractivity contribution is 9.10. The maximum atomic E-state index is 12.1. The molecule has 10 heteroatoms. The maximum absolute atomic E-state index is 12.1. The van der Waals surface area contributed by atoms with Crippen LogP contribution in [0, 0.1) is 21.4 Å². The molecule has 0 aliphatic carbocycles. The third kappa shape index (κ3) is 5.49. The topological polar surface area (TPSA) is 131 Å². The standard InChI is InChI=1S/C21H14BrN5O4/c22-17-10-14(7-8-19(17)31-13-16-5-2-1-4-15(16)11-23)12-25-26-21(28)20-18(27(29)30)6-3-9-24-20/h1-10,12H,13H2,(H,26,28)/b25-12-. The van der Waals surface area contributed by atoms with Crippen LogP contribution in [0.3, 0.4) is 0 Å². The van der Waals surface area contributed by atoms with Crippen LogP contribution < -0.4 is 10.2 Å². The predicted molar refractivity (Wildman–Crippen MR) is 116 cm³/mol. The average molecular weight is 480 g/mol. The van der Waals surface area contributed by atoms with Gasteiger partial charge in [0.2, 0.25) is 5.69 Å². The average Bonchev–Trinajstić information content (AvgIpc) is 2.78. The molecule has 3 aromatic rings. The fourth-order valence-electron chi connectivity index (χ4n) is 2.56. The summed E-state index contributed by atoms with van der Waals surface area (Å²) >= 11 is 3.42. The van der Waals surface area contributed by atoms with Crippen LogP contribution >= 0.6 is 15.9 Å². The largest absolute Gasteiger partial charge is 0.488 e. The molecule has 31 heavy (non-hydrogen) atoms. The number of nitriles is 1. The van der Waals surface area contributed by atoms with Crippen molar-refractivity contribution in [3.63, 3.8) is 0 Å². The summed E-state index contributed by atoms with van der Waals surface area (Å²) in [5, 5.41) is 24.0. The number of aromatic nitrogens is 1. The molecule has 1 amide bonds. The lowest BCUT2D eigenvalue weighted by atomic mass is 10.1. The monoisotopic (exact) mass is 479 g/mol. The van der Waals surface area contributed by atoms with Crippen molar-refractivity contribution in [3.8, 4) is 11.8 Å². The number of pyridine rings is 1. The van der Waals surface area contributed by atoms with Crippen molar-refractivity contribution in [2.45, 2.75) is 6.61 Å². The Bertz CT molecular complexity index is 1210. The smallest absolute Gasteiger partial charge is 0.300 e. The van der Waals surface area contributed by atoms with Crippen LogP contribution in [0.25, 0.3) is 0 Å². The molecule has 0 bridgehead atoms. The van der Waals surface area contributed by atoms with Crippen LogP contribution in [0.1, 0.15) is 27.2 Å². The molecule has 0 spiro atoms. The lowest BCUT2D eigenvalue weighted by molar-refractivity contribution is -0.385. The molecule has 0 aliphatic heterocycles. The van der Waals surface area contributed by atoms with E-state index in [9.17, 15) is 14.9 Å². The lowest BCUT2D eigenvalue weighted by Gasteiger charge is -2.10. The Kier molecular flexibility index (Phi) is 7.03. The Morgan fingerprint density at radius 3 is 2.84 bits per heavy atom.